The fraction of sp³-hybridized carbons (Fsp3) is 0.0714. The van der Waals surface area contributed by atoms with Crippen molar-refractivity contribution in [1.29, 1.82) is 0 Å². The first-order chi connectivity index (χ1) is 9.08. The van der Waals surface area contributed by atoms with Crippen LogP contribution in [0.5, 0.6) is 0 Å². The van der Waals surface area contributed by atoms with Crippen LogP contribution in [0.4, 0.5) is 5.69 Å². The fourth-order valence-corrected chi connectivity index (χ4v) is 2.22. The quantitative estimate of drug-likeness (QED) is 0.368. The van der Waals surface area contributed by atoms with E-state index in [0.717, 1.165) is 4.88 Å². The summed E-state index contributed by atoms with van der Waals surface area (Å²) in [6, 6.07) is 8.29. The average molecular weight is 273 g/mol. The predicted molar refractivity (Wildman–Crippen MR) is 75.5 cm³/mol. The van der Waals surface area contributed by atoms with Crippen LogP contribution in [0.1, 0.15) is 20.8 Å². The zero-order valence-electron chi connectivity index (χ0n) is 10.2. The lowest BCUT2D eigenvalue weighted by molar-refractivity contribution is -0.385. The molecule has 0 fully saturated rings. The van der Waals surface area contributed by atoms with Crippen LogP contribution in [0.2, 0.25) is 0 Å². The highest BCUT2D eigenvalue weighted by Gasteiger charge is 2.13. The Morgan fingerprint density at radius 3 is 2.79 bits per heavy atom. The zero-order chi connectivity index (χ0) is 13.8. The molecule has 19 heavy (non-hydrogen) atoms. The van der Waals surface area contributed by atoms with Gasteiger partial charge in [0.1, 0.15) is 0 Å². The van der Waals surface area contributed by atoms with Crippen molar-refractivity contribution in [3.05, 3.63) is 67.9 Å². The number of carbonyl (C=O) groups is 1. The standard InChI is InChI=1S/C14H11NO3S/c1-10-4-5-11(9-13(10)15(17)18)14(16)7-6-12-3-2-8-19-12/h2-9H,1H3/b7-6+. The monoisotopic (exact) mass is 273 g/mol. The molecule has 0 amide bonds. The molecule has 0 saturated heterocycles. The largest absolute Gasteiger partial charge is 0.289 e. The van der Waals surface area contributed by atoms with E-state index in [9.17, 15) is 14.9 Å². The number of hydrogen-bond acceptors (Lipinski definition) is 4. The van der Waals surface area contributed by atoms with Gasteiger partial charge >= 0.3 is 0 Å². The number of thiophene rings is 1. The van der Waals surface area contributed by atoms with Crippen LogP contribution < -0.4 is 0 Å². The minimum absolute atomic E-state index is 0.0321. The van der Waals surface area contributed by atoms with Gasteiger partial charge in [-0.1, -0.05) is 18.2 Å². The number of nitrogens with zero attached hydrogens (tertiary/aromatic N) is 1. The first-order valence-corrected chi connectivity index (χ1v) is 6.47. The molecule has 0 spiro atoms. The van der Waals surface area contributed by atoms with Crippen LogP contribution in [0.25, 0.3) is 6.08 Å². The van der Waals surface area contributed by atoms with Crippen molar-refractivity contribution >= 4 is 28.9 Å². The summed E-state index contributed by atoms with van der Waals surface area (Å²) in [6.45, 7) is 1.65. The smallest absolute Gasteiger partial charge is 0.273 e. The number of nitro benzene ring substituents is 1. The molecule has 0 N–H and O–H groups in total. The van der Waals surface area contributed by atoms with Gasteiger partial charge in [-0.05, 0) is 30.5 Å². The second kappa shape index (κ2) is 5.58. The average Bonchev–Trinajstić information content (AvgIpc) is 2.89. The van der Waals surface area contributed by atoms with Gasteiger partial charge in [-0.3, -0.25) is 14.9 Å². The molecule has 0 aliphatic rings. The zero-order valence-corrected chi connectivity index (χ0v) is 11.0. The van der Waals surface area contributed by atoms with Crippen LogP contribution in [0.15, 0.2) is 41.8 Å². The van der Waals surface area contributed by atoms with Crippen molar-refractivity contribution in [3.8, 4) is 0 Å². The van der Waals surface area contributed by atoms with Crippen LogP contribution in [-0.2, 0) is 0 Å². The minimum Gasteiger partial charge on any atom is -0.289 e. The Balaban J connectivity index is 2.24. The molecule has 2 aromatic rings. The Hall–Kier alpha value is -2.27. The lowest BCUT2D eigenvalue weighted by Gasteiger charge is -1.99. The summed E-state index contributed by atoms with van der Waals surface area (Å²) < 4.78 is 0. The van der Waals surface area contributed by atoms with E-state index in [1.54, 1.807) is 25.1 Å². The summed E-state index contributed by atoms with van der Waals surface area (Å²) >= 11 is 1.52. The normalized spacial score (nSPS) is 10.8. The van der Waals surface area contributed by atoms with Gasteiger partial charge in [-0.2, -0.15) is 0 Å². The van der Waals surface area contributed by atoms with E-state index in [1.807, 2.05) is 17.5 Å². The highest BCUT2D eigenvalue weighted by Crippen LogP contribution is 2.20. The van der Waals surface area contributed by atoms with Gasteiger partial charge in [0, 0.05) is 22.1 Å². The first kappa shape index (κ1) is 13.2. The highest BCUT2D eigenvalue weighted by molar-refractivity contribution is 7.10. The number of carbonyl (C=O) groups excluding carboxylic acids is 1. The predicted octanol–water partition coefficient (Wildman–Crippen LogP) is 3.86. The Bertz CT molecular complexity index is 645. The van der Waals surface area contributed by atoms with Crippen LogP contribution in [0.3, 0.4) is 0 Å². The topological polar surface area (TPSA) is 60.2 Å². The number of allylic oxidation sites excluding steroid dienone is 1. The second-order valence-corrected chi connectivity index (χ2v) is 4.95. The number of benzene rings is 1. The van der Waals surface area contributed by atoms with Gasteiger partial charge in [0.2, 0.25) is 0 Å². The maximum Gasteiger partial charge on any atom is 0.273 e. The summed E-state index contributed by atoms with van der Waals surface area (Å²) in [7, 11) is 0. The number of aryl methyl sites for hydroxylation is 1. The van der Waals surface area contributed by atoms with E-state index >= 15 is 0 Å². The Kier molecular flexibility index (Phi) is 3.87. The summed E-state index contributed by atoms with van der Waals surface area (Å²) in [4.78, 5) is 23.2. The van der Waals surface area contributed by atoms with Crippen LogP contribution in [-0.4, -0.2) is 10.7 Å². The van der Waals surface area contributed by atoms with E-state index in [2.05, 4.69) is 0 Å². The van der Waals surface area contributed by atoms with Gasteiger partial charge in [-0.15, -0.1) is 11.3 Å². The molecule has 1 heterocycles. The molecule has 0 bridgehead atoms. The third kappa shape index (κ3) is 3.14. The SMILES string of the molecule is Cc1ccc(C(=O)/C=C/c2cccs2)cc1[N+](=O)[O-]. The molecule has 0 saturated carbocycles. The number of ketones is 1. The maximum absolute atomic E-state index is 11.9. The molecule has 0 atom stereocenters. The molecule has 4 nitrogen and oxygen atoms in total. The third-order valence-electron chi connectivity index (χ3n) is 2.63. The van der Waals surface area contributed by atoms with E-state index < -0.39 is 4.92 Å². The molecular formula is C14H11NO3S. The number of rotatable bonds is 4. The van der Waals surface area contributed by atoms with Crippen molar-refractivity contribution in [2.75, 3.05) is 0 Å². The lowest BCUT2D eigenvalue weighted by atomic mass is 10.1. The van der Waals surface area contributed by atoms with Crippen molar-refractivity contribution in [2.45, 2.75) is 6.92 Å². The fourth-order valence-electron chi connectivity index (χ4n) is 1.60. The molecule has 96 valence electrons. The summed E-state index contributed by atoms with van der Waals surface area (Å²) in [6.07, 6.45) is 3.14. The van der Waals surface area contributed by atoms with Crippen LogP contribution >= 0.6 is 11.3 Å². The summed E-state index contributed by atoms with van der Waals surface area (Å²) in [5.41, 5.74) is 0.837. The summed E-state index contributed by atoms with van der Waals surface area (Å²) in [5, 5.41) is 12.7. The van der Waals surface area contributed by atoms with Gasteiger partial charge in [-0.25, -0.2) is 0 Å². The van der Waals surface area contributed by atoms with E-state index in [-0.39, 0.29) is 11.5 Å². The number of hydrogen-bond donors (Lipinski definition) is 0. The van der Waals surface area contributed by atoms with E-state index in [0.29, 0.717) is 11.1 Å². The molecule has 0 aliphatic carbocycles. The Morgan fingerprint density at radius 2 is 2.16 bits per heavy atom. The van der Waals surface area contributed by atoms with E-state index in [1.165, 1.54) is 23.5 Å². The number of nitro groups is 1. The maximum atomic E-state index is 11.9. The van der Waals surface area contributed by atoms with Gasteiger partial charge in [0.15, 0.2) is 5.78 Å². The minimum atomic E-state index is -0.477. The molecule has 1 aromatic heterocycles. The molecule has 0 aliphatic heterocycles. The Morgan fingerprint density at radius 1 is 1.37 bits per heavy atom. The third-order valence-corrected chi connectivity index (χ3v) is 3.47. The molecular weight excluding hydrogens is 262 g/mol. The van der Waals surface area contributed by atoms with Crippen molar-refractivity contribution < 1.29 is 9.72 Å². The van der Waals surface area contributed by atoms with Crippen molar-refractivity contribution in [2.24, 2.45) is 0 Å². The van der Waals surface area contributed by atoms with Crippen LogP contribution in [0, 0.1) is 17.0 Å². The van der Waals surface area contributed by atoms with Gasteiger partial charge < -0.3 is 0 Å². The van der Waals surface area contributed by atoms with E-state index in [4.69, 9.17) is 0 Å². The first-order valence-electron chi connectivity index (χ1n) is 5.59. The van der Waals surface area contributed by atoms with Gasteiger partial charge in [0.05, 0.1) is 4.92 Å². The van der Waals surface area contributed by atoms with Crippen molar-refractivity contribution in [1.82, 2.24) is 0 Å². The molecule has 5 heteroatoms. The molecule has 0 unspecified atom stereocenters. The Labute approximate surface area is 114 Å². The molecule has 1 aromatic carbocycles. The molecule has 2 rings (SSSR count). The second-order valence-electron chi connectivity index (χ2n) is 3.97. The molecule has 0 radical (unpaired) electrons. The lowest BCUT2D eigenvalue weighted by Crippen LogP contribution is -1.98. The summed E-state index contributed by atoms with van der Waals surface area (Å²) in [5.74, 6) is -0.239. The highest BCUT2D eigenvalue weighted by atomic mass is 32.1. The van der Waals surface area contributed by atoms with Gasteiger partial charge in [0.25, 0.3) is 5.69 Å². The van der Waals surface area contributed by atoms with Crippen molar-refractivity contribution in [3.63, 3.8) is 0 Å².